The number of halogens is 1. The van der Waals surface area contributed by atoms with Crippen LogP contribution < -0.4 is 5.73 Å². The van der Waals surface area contributed by atoms with Crippen molar-refractivity contribution in [1.29, 1.82) is 0 Å². The Morgan fingerprint density at radius 2 is 2.05 bits per heavy atom. The van der Waals surface area contributed by atoms with Gasteiger partial charge in [0.1, 0.15) is 11.9 Å². The fraction of sp³-hybridized carbons (Fsp3) is 0.600. The van der Waals surface area contributed by atoms with Gasteiger partial charge in [-0.1, -0.05) is 18.2 Å². The highest BCUT2D eigenvalue weighted by molar-refractivity contribution is 5.21. The largest absolute Gasteiger partial charge is 0.381 e. The summed E-state index contributed by atoms with van der Waals surface area (Å²) in [5.74, 6) is 0.235. The van der Waals surface area contributed by atoms with Gasteiger partial charge in [-0.3, -0.25) is 0 Å². The molecule has 0 radical (unpaired) electrons. The number of rotatable bonds is 5. The van der Waals surface area contributed by atoms with E-state index in [1.54, 1.807) is 12.1 Å². The molecular weight excluding hydrogens is 245 g/mol. The molecular formula is C15H22FNO2. The SMILES string of the molecule is CC(N)C(OCC1CCOCC1)c1ccccc1F. The van der Waals surface area contributed by atoms with Crippen molar-refractivity contribution in [2.24, 2.45) is 11.7 Å². The van der Waals surface area contributed by atoms with Gasteiger partial charge in [-0.15, -0.1) is 0 Å². The van der Waals surface area contributed by atoms with Gasteiger partial charge in [0.2, 0.25) is 0 Å². The second-order valence-corrected chi connectivity index (χ2v) is 5.19. The summed E-state index contributed by atoms with van der Waals surface area (Å²) in [6, 6.07) is 6.44. The fourth-order valence-electron chi connectivity index (χ4n) is 2.38. The maximum atomic E-state index is 13.8. The molecule has 1 aromatic carbocycles. The lowest BCUT2D eigenvalue weighted by Gasteiger charge is -2.27. The van der Waals surface area contributed by atoms with E-state index >= 15 is 0 Å². The van der Waals surface area contributed by atoms with E-state index in [0.717, 1.165) is 26.1 Å². The quantitative estimate of drug-likeness (QED) is 0.892. The first kappa shape index (κ1) is 14.4. The monoisotopic (exact) mass is 267 g/mol. The predicted molar refractivity (Wildman–Crippen MR) is 72.3 cm³/mol. The Bertz CT molecular complexity index is 391. The summed E-state index contributed by atoms with van der Waals surface area (Å²) in [4.78, 5) is 0. The van der Waals surface area contributed by atoms with E-state index in [1.165, 1.54) is 6.07 Å². The van der Waals surface area contributed by atoms with E-state index in [9.17, 15) is 4.39 Å². The van der Waals surface area contributed by atoms with Crippen molar-refractivity contribution < 1.29 is 13.9 Å². The van der Waals surface area contributed by atoms with Gasteiger partial charge in [0, 0.05) is 24.8 Å². The van der Waals surface area contributed by atoms with Crippen LogP contribution in [0.15, 0.2) is 24.3 Å². The van der Waals surface area contributed by atoms with Crippen molar-refractivity contribution in [1.82, 2.24) is 0 Å². The van der Waals surface area contributed by atoms with E-state index in [0.29, 0.717) is 18.1 Å². The molecule has 4 heteroatoms. The van der Waals surface area contributed by atoms with Crippen molar-refractivity contribution in [3.63, 3.8) is 0 Å². The van der Waals surface area contributed by atoms with Gasteiger partial charge >= 0.3 is 0 Å². The number of ether oxygens (including phenoxy) is 2. The summed E-state index contributed by atoms with van der Waals surface area (Å²) >= 11 is 0. The molecule has 2 unspecified atom stereocenters. The van der Waals surface area contributed by atoms with Crippen LogP contribution in [0.5, 0.6) is 0 Å². The van der Waals surface area contributed by atoms with Crippen LogP contribution in [0.25, 0.3) is 0 Å². The highest BCUT2D eigenvalue weighted by atomic mass is 19.1. The van der Waals surface area contributed by atoms with E-state index in [2.05, 4.69) is 0 Å². The Labute approximate surface area is 113 Å². The van der Waals surface area contributed by atoms with Gasteiger partial charge < -0.3 is 15.2 Å². The molecule has 1 aliphatic rings. The molecule has 1 aliphatic heterocycles. The Kier molecular flexibility index (Phi) is 5.31. The first-order valence-electron chi connectivity index (χ1n) is 6.88. The first-order valence-corrected chi connectivity index (χ1v) is 6.88. The molecule has 1 saturated heterocycles. The maximum absolute atomic E-state index is 13.8. The van der Waals surface area contributed by atoms with Gasteiger partial charge in [0.05, 0.1) is 6.61 Å². The normalized spacial score (nSPS) is 20.2. The molecule has 1 fully saturated rings. The molecule has 0 aliphatic carbocycles. The molecule has 3 nitrogen and oxygen atoms in total. The Hall–Kier alpha value is -0.970. The van der Waals surface area contributed by atoms with Crippen molar-refractivity contribution in [3.8, 4) is 0 Å². The molecule has 1 heterocycles. The summed E-state index contributed by atoms with van der Waals surface area (Å²) in [5.41, 5.74) is 6.48. The number of hydrogen-bond acceptors (Lipinski definition) is 3. The van der Waals surface area contributed by atoms with Crippen LogP contribution in [0.1, 0.15) is 31.4 Å². The Morgan fingerprint density at radius 1 is 1.37 bits per heavy atom. The van der Waals surface area contributed by atoms with E-state index < -0.39 is 0 Å². The van der Waals surface area contributed by atoms with Gasteiger partial charge in [-0.05, 0) is 31.7 Å². The summed E-state index contributed by atoms with van der Waals surface area (Å²) in [6.07, 6.45) is 1.62. The summed E-state index contributed by atoms with van der Waals surface area (Å²) < 4.78 is 25.0. The minimum Gasteiger partial charge on any atom is -0.381 e. The van der Waals surface area contributed by atoms with Crippen molar-refractivity contribution >= 4 is 0 Å². The van der Waals surface area contributed by atoms with Gasteiger partial charge in [-0.25, -0.2) is 4.39 Å². The molecule has 0 saturated carbocycles. The third-order valence-electron chi connectivity index (χ3n) is 3.54. The molecule has 0 spiro atoms. The molecule has 0 aromatic heterocycles. The van der Waals surface area contributed by atoms with Crippen LogP contribution in [0, 0.1) is 11.7 Å². The Balaban J connectivity index is 1.98. The summed E-state index contributed by atoms with van der Waals surface area (Å²) in [6.45, 7) is 4.04. The number of hydrogen-bond donors (Lipinski definition) is 1. The van der Waals surface area contributed by atoms with Gasteiger partial charge in [0.25, 0.3) is 0 Å². The van der Waals surface area contributed by atoms with Gasteiger partial charge in [0.15, 0.2) is 0 Å². The summed E-state index contributed by atoms with van der Waals surface area (Å²) in [5, 5.41) is 0. The summed E-state index contributed by atoms with van der Waals surface area (Å²) in [7, 11) is 0. The van der Waals surface area contributed by atoms with Crippen LogP contribution >= 0.6 is 0 Å². The topological polar surface area (TPSA) is 44.5 Å². The molecule has 2 atom stereocenters. The lowest BCUT2D eigenvalue weighted by atomic mass is 10.00. The lowest BCUT2D eigenvalue weighted by Crippen LogP contribution is -2.30. The van der Waals surface area contributed by atoms with Crippen LogP contribution in [0.2, 0.25) is 0 Å². The molecule has 106 valence electrons. The average Bonchev–Trinajstić information content (AvgIpc) is 2.42. The second kappa shape index (κ2) is 6.98. The third-order valence-corrected chi connectivity index (χ3v) is 3.54. The number of nitrogens with two attached hydrogens (primary N) is 1. The van der Waals surface area contributed by atoms with Crippen LogP contribution in [0.4, 0.5) is 4.39 Å². The molecule has 2 rings (SSSR count). The minimum atomic E-state index is -0.385. The predicted octanol–water partition coefficient (Wildman–Crippen LogP) is 2.66. The smallest absolute Gasteiger partial charge is 0.129 e. The highest BCUT2D eigenvalue weighted by Gasteiger charge is 2.22. The van der Waals surface area contributed by atoms with E-state index in [4.69, 9.17) is 15.2 Å². The molecule has 0 bridgehead atoms. The van der Waals surface area contributed by atoms with Crippen LogP contribution in [0.3, 0.4) is 0 Å². The van der Waals surface area contributed by atoms with Crippen molar-refractivity contribution in [2.75, 3.05) is 19.8 Å². The lowest BCUT2D eigenvalue weighted by molar-refractivity contribution is -0.0199. The average molecular weight is 267 g/mol. The molecule has 19 heavy (non-hydrogen) atoms. The minimum absolute atomic E-state index is 0.239. The zero-order chi connectivity index (χ0) is 13.7. The van der Waals surface area contributed by atoms with Crippen LogP contribution in [-0.2, 0) is 9.47 Å². The first-order chi connectivity index (χ1) is 9.18. The number of benzene rings is 1. The molecule has 2 N–H and O–H groups in total. The molecule has 1 aromatic rings. The maximum Gasteiger partial charge on any atom is 0.129 e. The van der Waals surface area contributed by atoms with E-state index in [1.807, 2.05) is 13.0 Å². The third kappa shape index (κ3) is 4.00. The van der Waals surface area contributed by atoms with Crippen molar-refractivity contribution in [3.05, 3.63) is 35.6 Å². The van der Waals surface area contributed by atoms with Crippen LogP contribution in [-0.4, -0.2) is 25.9 Å². The van der Waals surface area contributed by atoms with E-state index in [-0.39, 0.29) is 18.0 Å². The highest BCUT2D eigenvalue weighted by Crippen LogP contribution is 2.25. The molecule has 0 amide bonds. The Morgan fingerprint density at radius 3 is 2.68 bits per heavy atom. The standard InChI is InChI=1S/C15H22FNO2/c1-11(17)15(13-4-2-3-5-14(13)16)19-10-12-6-8-18-9-7-12/h2-5,11-12,15H,6-10,17H2,1H3. The zero-order valence-corrected chi connectivity index (χ0v) is 11.3. The zero-order valence-electron chi connectivity index (χ0n) is 11.3. The van der Waals surface area contributed by atoms with Crippen molar-refractivity contribution in [2.45, 2.75) is 31.9 Å². The van der Waals surface area contributed by atoms with Gasteiger partial charge in [-0.2, -0.15) is 0 Å². The second-order valence-electron chi connectivity index (χ2n) is 5.19. The fourth-order valence-corrected chi connectivity index (χ4v) is 2.38.